The van der Waals surface area contributed by atoms with Crippen molar-refractivity contribution >= 4 is 23.8 Å². The van der Waals surface area contributed by atoms with Crippen molar-refractivity contribution in [3.8, 4) is 11.4 Å². The average Bonchev–Trinajstić information content (AvgIpc) is 3.76. The van der Waals surface area contributed by atoms with Gasteiger partial charge in [-0.25, -0.2) is 4.79 Å². The molecule has 3 saturated heterocycles. The lowest BCUT2D eigenvalue weighted by molar-refractivity contribution is -0.288. The summed E-state index contributed by atoms with van der Waals surface area (Å²) in [6.45, 7) is 14.5. The number of aliphatic hydroxyl groups is 1. The van der Waals surface area contributed by atoms with Gasteiger partial charge in [-0.2, -0.15) is 0 Å². The Morgan fingerprint density at radius 2 is 1.77 bits per heavy atom. The summed E-state index contributed by atoms with van der Waals surface area (Å²) < 4.78 is 32.4. The maximum atomic E-state index is 14.2. The predicted molar refractivity (Wildman–Crippen MR) is 206 cm³/mol. The van der Waals surface area contributed by atoms with Crippen LogP contribution in [0.1, 0.15) is 87.5 Å². The third-order valence-electron chi connectivity index (χ3n) is 12.0. The number of aliphatic hydroxyl groups excluding tert-OH is 1. The number of nitrogens with one attached hydrogen (secondary N) is 1. The van der Waals surface area contributed by atoms with Crippen molar-refractivity contribution in [1.29, 1.82) is 0 Å². The number of carbonyl (C=O) groups is 4. The zero-order chi connectivity index (χ0) is 41.8. The van der Waals surface area contributed by atoms with Gasteiger partial charge >= 0.3 is 12.1 Å². The van der Waals surface area contributed by atoms with Gasteiger partial charge in [0.05, 0.1) is 41.8 Å². The molecule has 0 aromatic carbocycles. The number of amides is 2. The number of nitrogens with two attached hydrogens (primary N) is 1. The van der Waals surface area contributed by atoms with Gasteiger partial charge in [0, 0.05) is 44.3 Å². The van der Waals surface area contributed by atoms with Gasteiger partial charge in [-0.3, -0.25) is 28.9 Å². The quantitative estimate of drug-likeness (QED) is 0.179. The van der Waals surface area contributed by atoms with Crippen molar-refractivity contribution < 1.29 is 48.0 Å². The van der Waals surface area contributed by atoms with Crippen molar-refractivity contribution in [2.24, 2.45) is 23.5 Å². The minimum absolute atomic E-state index is 0.0799. The molecule has 17 nitrogen and oxygen atoms in total. The van der Waals surface area contributed by atoms with E-state index in [1.165, 1.54) is 14.0 Å². The number of hydrogen-bond donors (Lipinski definition) is 3. The van der Waals surface area contributed by atoms with Crippen LogP contribution in [0.15, 0.2) is 30.6 Å². The Morgan fingerprint density at radius 3 is 2.44 bits per heavy atom. The van der Waals surface area contributed by atoms with Crippen LogP contribution in [0.5, 0.6) is 0 Å². The van der Waals surface area contributed by atoms with E-state index in [4.69, 9.17) is 29.4 Å². The minimum atomic E-state index is -1.40. The highest BCUT2D eigenvalue weighted by atomic mass is 16.7. The number of nitrogens with zero attached hydrogens (tertiary/aromatic N) is 5. The van der Waals surface area contributed by atoms with Crippen LogP contribution in [0, 0.1) is 17.8 Å². The van der Waals surface area contributed by atoms with Gasteiger partial charge in [-0.15, -0.1) is 5.10 Å². The number of ether oxygens (including phenoxy) is 5. The normalized spacial score (nSPS) is 37.1. The Bertz CT molecular complexity index is 1710. The van der Waals surface area contributed by atoms with Gasteiger partial charge in [-0.1, -0.05) is 32.1 Å². The number of pyridine rings is 1. The molecular weight excluding hydrogens is 738 g/mol. The highest BCUT2D eigenvalue weighted by Gasteiger charge is 2.59. The van der Waals surface area contributed by atoms with Crippen LogP contribution in [0.4, 0.5) is 4.79 Å². The summed E-state index contributed by atoms with van der Waals surface area (Å²) in [5, 5.41) is 22.6. The van der Waals surface area contributed by atoms with Crippen molar-refractivity contribution in [3.05, 3.63) is 30.6 Å². The van der Waals surface area contributed by atoms with Gasteiger partial charge in [0.2, 0.25) is 5.91 Å². The number of rotatable bonds is 10. The van der Waals surface area contributed by atoms with Gasteiger partial charge in [0.15, 0.2) is 17.7 Å². The first-order valence-corrected chi connectivity index (χ1v) is 20.1. The number of aromatic nitrogens is 4. The predicted octanol–water partition coefficient (Wildman–Crippen LogP) is 3.02. The first-order valence-electron chi connectivity index (χ1n) is 20.1. The van der Waals surface area contributed by atoms with Crippen LogP contribution in [0.3, 0.4) is 0 Å². The molecule has 2 aromatic rings. The second-order valence-corrected chi connectivity index (χ2v) is 16.4. The first-order chi connectivity index (χ1) is 26.9. The molecule has 0 bridgehead atoms. The molecule has 2 amide bonds. The van der Waals surface area contributed by atoms with Crippen LogP contribution < -0.4 is 11.1 Å². The Morgan fingerprint density at radius 1 is 1.05 bits per heavy atom. The molecule has 17 heteroatoms. The maximum Gasteiger partial charge on any atom is 0.410 e. The van der Waals surface area contributed by atoms with Gasteiger partial charge in [-0.05, 0) is 78.9 Å². The summed E-state index contributed by atoms with van der Waals surface area (Å²) in [6, 6.07) is 3.51. The molecule has 316 valence electrons. The molecule has 2 aromatic heterocycles. The maximum absolute atomic E-state index is 14.2. The topological polar surface area (TPSA) is 220 Å². The average molecular weight is 800 g/mol. The van der Waals surface area contributed by atoms with E-state index < -0.39 is 89.5 Å². The number of hydrogen-bond acceptors (Lipinski definition) is 14. The molecule has 3 aliphatic heterocycles. The number of esters is 1. The molecule has 57 heavy (non-hydrogen) atoms. The summed E-state index contributed by atoms with van der Waals surface area (Å²) in [5.74, 6) is -4.58. The van der Waals surface area contributed by atoms with Crippen molar-refractivity contribution in [2.75, 3.05) is 13.7 Å². The second-order valence-electron chi connectivity index (χ2n) is 16.4. The van der Waals surface area contributed by atoms with Gasteiger partial charge in [0.25, 0.3) is 0 Å². The molecule has 0 aliphatic carbocycles. The number of methoxy groups -OCH3 is 1. The van der Waals surface area contributed by atoms with Crippen LogP contribution >= 0.6 is 0 Å². The van der Waals surface area contributed by atoms with Crippen molar-refractivity contribution in [2.45, 2.75) is 154 Å². The number of ketones is 1. The van der Waals surface area contributed by atoms with Crippen molar-refractivity contribution in [1.82, 2.24) is 30.2 Å². The largest absolute Gasteiger partial charge is 0.458 e. The van der Waals surface area contributed by atoms with E-state index in [9.17, 15) is 24.3 Å². The van der Waals surface area contributed by atoms with Gasteiger partial charge in [0.1, 0.15) is 23.8 Å². The molecule has 13 atom stereocenters. The van der Waals surface area contributed by atoms with E-state index in [0.29, 0.717) is 37.2 Å². The molecule has 3 fully saturated rings. The Balaban J connectivity index is 1.41. The molecule has 3 aliphatic rings. The number of unbranched alkanes of at least 4 members (excludes halogenated alkanes) is 1. The molecule has 0 spiro atoms. The van der Waals surface area contributed by atoms with E-state index in [1.54, 1.807) is 57.3 Å². The Kier molecular flexibility index (Phi) is 14.1. The number of fused-ring (bicyclic) bond motifs is 1. The van der Waals surface area contributed by atoms with E-state index >= 15 is 0 Å². The summed E-state index contributed by atoms with van der Waals surface area (Å²) in [6.07, 6.45) is 0.0634. The highest BCUT2D eigenvalue weighted by molar-refractivity contribution is 6.00. The summed E-state index contributed by atoms with van der Waals surface area (Å²) >= 11 is 0. The molecule has 4 N–H and O–H groups in total. The molecule has 0 saturated carbocycles. The molecule has 3 unspecified atom stereocenters. The molecule has 0 radical (unpaired) electrons. The van der Waals surface area contributed by atoms with Gasteiger partial charge < -0.3 is 39.8 Å². The standard InChI is InChI=1S/C40H61N7O10/c1-10-30-40(8)33(47(38(52)57-40)18-14-13-17-46-21-29(44-45-46)28-15-11-12-16-42-28)26(6)43-35(50)22(2)20-39(7,53-9)34(24(4)31(48)25(5)36(51)55-30)56-37-32(49)27(41)19-23(3)54-37/h11-12,15-16,21-27,30,32-34,37,49H,10,13-14,17-20,41H2,1-9H3,(H,43,50)/t22-,23?,24-,25-,26-,27?,30-,32?,33-,34-,37+,39-,40-/m1/s1. The zero-order valence-electron chi connectivity index (χ0n) is 34.6. The number of Topliss-reactive ketones (excluding diaryl/α,β-unsaturated/α-hetero) is 1. The molecular formula is C40H61N7O10. The monoisotopic (exact) mass is 799 g/mol. The van der Waals surface area contributed by atoms with E-state index in [0.717, 1.165) is 0 Å². The van der Waals surface area contributed by atoms with Crippen LogP contribution in [-0.4, -0.2) is 127 Å². The number of cyclic esters (lactones) is 1. The van der Waals surface area contributed by atoms with E-state index in [-0.39, 0.29) is 31.4 Å². The van der Waals surface area contributed by atoms with E-state index in [2.05, 4.69) is 20.6 Å². The van der Waals surface area contributed by atoms with Crippen LogP contribution in [-0.2, 0) is 44.6 Å². The SMILES string of the molecule is CC[C@H]1OC(=O)[C@H](C)C(=O)[C@@H](C)[C@@H](O[C@@H]2OC(C)CC(N)C2O)[C@](C)(OC)C[C@@H](C)C(=O)N[C@H](C)[C@H]2N(CCCCn3cc(-c4ccccn4)nn3)C(=O)O[C@]12C. The third kappa shape index (κ3) is 9.48. The lowest BCUT2D eigenvalue weighted by Crippen LogP contribution is -2.61. The summed E-state index contributed by atoms with van der Waals surface area (Å²) in [4.78, 5) is 61.9. The summed E-state index contributed by atoms with van der Waals surface area (Å²) in [5.41, 5.74) is 4.88. The Labute approximate surface area is 334 Å². The van der Waals surface area contributed by atoms with Crippen LogP contribution in [0.2, 0.25) is 0 Å². The fourth-order valence-corrected chi connectivity index (χ4v) is 8.68. The highest BCUT2D eigenvalue weighted by Crippen LogP contribution is 2.40. The third-order valence-corrected chi connectivity index (χ3v) is 12.0. The number of aryl methyl sites for hydroxylation is 1. The minimum Gasteiger partial charge on any atom is -0.458 e. The van der Waals surface area contributed by atoms with Crippen molar-refractivity contribution in [3.63, 3.8) is 0 Å². The fourth-order valence-electron chi connectivity index (χ4n) is 8.68. The Hall–Kier alpha value is -4.03. The number of carbonyl (C=O) groups excluding carboxylic acids is 4. The smallest absolute Gasteiger partial charge is 0.410 e. The zero-order valence-corrected chi connectivity index (χ0v) is 34.6. The lowest BCUT2D eigenvalue weighted by atomic mass is 9.78. The fraction of sp³-hybridized carbons (Fsp3) is 0.725. The lowest BCUT2D eigenvalue weighted by Gasteiger charge is -2.45. The first kappa shape index (κ1) is 44.1. The molecule has 5 rings (SSSR count). The van der Waals surface area contributed by atoms with Crippen LogP contribution in [0.25, 0.3) is 11.4 Å². The van der Waals surface area contributed by atoms with E-state index in [1.807, 2.05) is 31.3 Å². The summed E-state index contributed by atoms with van der Waals surface area (Å²) in [7, 11) is 1.46. The molecule has 5 heterocycles. The second kappa shape index (κ2) is 18.3.